The summed E-state index contributed by atoms with van der Waals surface area (Å²) >= 11 is 0. The van der Waals surface area contributed by atoms with Gasteiger partial charge in [0.1, 0.15) is 0 Å². The highest BCUT2D eigenvalue weighted by Gasteiger charge is 2.39. The van der Waals surface area contributed by atoms with Crippen LogP contribution >= 0.6 is 0 Å². The third-order valence-electron chi connectivity index (χ3n) is 8.72. The van der Waals surface area contributed by atoms with Gasteiger partial charge in [0.25, 0.3) is 0 Å². The van der Waals surface area contributed by atoms with Crippen LogP contribution in [0.15, 0.2) is 53.6 Å². The molecule has 0 spiro atoms. The summed E-state index contributed by atoms with van der Waals surface area (Å²) in [7, 11) is 0. The SMILES string of the molecule is CC1=C/C(=C\C=C\c2cc(C)c3cc(C(C)C)ccc(C)c2-3)C2C(C)CCC(C(C)C)CC12. The van der Waals surface area contributed by atoms with E-state index in [9.17, 15) is 0 Å². The molecule has 0 N–H and O–H groups in total. The van der Waals surface area contributed by atoms with Crippen molar-refractivity contribution in [3.8, 4) is 11.1 Å². The van der Waals surface area contributed by atoms with Crippen molar-refractivity contribution in [2.45, 2.75) is 80.6 Å². The number of rotatable bonds is 4. The zero-order valence-electron chi connectivity index (χ0n) is 22.2. The molecule has 0 amide bonds. The Morgan fingerprint density at radius 1 is 0.939 bits per heavy atom. The molecule has 4 unspecified atom stereocenters. The van der Waals surface area contributed by atoms with Crippen LogP contribution in [0.1, 0.15) is 89.0 Å². The Morgan fingerprint density at radius 2 is 1.70 bits per heavy atom. The lowest BCUT2D eigenvalue weighted by atomic mass is 9.77. The van der Waals surface area contributed by atoms with E-state index < -0.39 is 0 Å². The predicted molar refractivity (Wildman–Crippen MR) is 146 cm³/mol. The monoisotopic (exact) mass is 440 g/mol. The van der Waals surface area contributed by atoms with Crippen LogP contribution in [0.4, 0.5) is 0 Å². The van der Waals surface area contributed by atoms with E-state index in [-0.39, 0.29) is 0 Å². The van der Waals surface area contributed by atoms with Crippen molar-refractivity contribution >= 4 is 6.08 Å². The maximum absolute atomic E-state index is 2.51. The molecule has 0 bridgehead atoms. The van der Waals surface area contributed by atoms with Crippen LogP contribution in [-0.4, -0.2) is 0 Å². The van der Waals surface area contributed by atoms with E-state index in [0.717, 1.165) is 23.7 Å². The second-order valence-electron chi connectivity index (χ2n) is 11.7. The number of hydrogen-bond donors (Lipinski definition) is 0. The van der Waals surface area contributed by atoms with Crippen LogP contribution in [0.25, 0.3) is 17.2 Å². The third-order valence-corrected chi connectivity index (χ3v) is 8.72. The van der Waals surface area contributed by atoms with E-state index in [1.807, 2.05) is 0 Å². The highest BCUT2D eigenvalue weighted by molar-refractivity contribution is 5.84. The molecule has 1 saturated carbocycles. The van der Waals surface area contributed by atoms with Gasteiger partial charge >= 0.3 is 0 Å². The first kappa shape index (κ1) is 24.1. The van der Waals surface area contributed by atoms with E-state index in [1.165, 1.54) is 52.6 Å². The maximum Gasteiger partial charge on any atom is -0.00705 e. The topological polar surface area (TPSA) is 0 Å². The molecule has 0 aromatic heterocycles. The summed E-state index contributed by atoms with van der Waals surface area (Å²) in [6.45, 7) is 18.8. The van der Waals surface area contributed by atoms with Crippen molar-refractivity contribution in [1.29, 1.82) is 0 Å². The van der Waals surface area contributed by atoms with Gasteiger partial charge in [-0.25, -0.2) is 0 Å². The molecule has 0 heteroatoms. The normalized spacial score (nSPS) is 27.1. The van der Waals surface area contributed by atoms with Gasteiger partial charge in [0.2, 0.25) is 0 Å². The second-order valence-corrected chi connectivity index (χ2v) is 11.7. The van der Waals surface area contributed by atoms with Crippen molar-refractivity contribution in [2.24, 2.45) is 29.6 Å². The quantitative estimate of drug-likeness (QED) is 0.444. The molecule has 0 nitrogen and oxygen atoms in total. The number of aryl methyl sites for hydroxylation is 2. The molecule has 0 radical (unpaired) electrons. The lowest BCUT2D eigenvalue weighted by Crippen LogP contribution is -2.19. The molecule has 0 aromatic rings. The molecule has 0 heterocycles. The minimum absolute atomic E-state index is 0.542. The minimum Gasteiger partial charge on any atom is -0.0693 e. The van der Waals surface area contributed by atoms with Gasteiger partial charge in [-0.15, -0.1) is 0 Å². The zero-order valence-corrected chi connectivity index (χ0v) is 22.2. The Bertz CT molecular complexity index is 1060. The molecule has 1 fully saturated rings. The first-order chi connectivity index (χ1) is 15.7. The molecular weight excluding hydrogens is 396 g/mol. The number of allylic oxidation sites excluding steroid dienone is 5. The standard InChI is InChI=1S/C33H44/c1-20(2)26-14-12-22(5)32-28(16-24(7)30(32)18-26)10-9-11-29-17-25(8)31-19-27(21(3)4)15-13-23(6)33(29)31/h9-12,14,16-18,20-21,23,27,31,33H,13,15,19H2,1-8H3/b10-9+,29-11+. The smallest absolute Gasteiger partial charge is 0.00705 e. The average Bonchev–Trinajstić information content (AvgIpc) is 3.05. The summed E-state index contributed by atoms with van der Waals surface area (Å²) in [5.41, 5.74) is 11.5. The van der Waals surface area contributed by atoms with Gasteiger partial charge in [-0.1, -0.05) is 88.8 Å². The van der Waals surface area contributed by atoms with Crippen molar-refractivity contribution in [2.75, 3.05) is 0 Å². The summed E-state index contributed by atoms with van der Waals surface area (Å²) in [5, 5.41) is 0. The summed E-state index contributed by atoms with van der Waals surface area (Å²) in [5.74, 6) is 4.42. The maximum atomic E-state index is 2.51. The summed E-state index contributed by atoms with van der Waals surface area (Å²) in [6, 6.07) is 9.39. The van der Waals surface area contributed by atoms with Gasteiger partial charge in [-0.3, -0.25) is 0 Å². The van der Waals surface area contributed by atoms with E-state index in [1.54, 1.807) is 11.1 Å². The van der Waals surface area contributed by atoms with Crippen molar-refractivity contribution in [1.82, 2.24) is 0 Å². The Hall–Kier alpha value is -2.08. The van der Waals surface area contributed by atoms with Gasteiger partial charge in [0.15, 0.2) is 0 Å². The van der Waals surface area contributed by atoms with Crippen LogP contribution in [0.2, 0.25) is 0 Å². The summed E-state index contributed by atoms with van der Waals surface area (Å²) in [6.07, 6.45) is 13.7. The van der Waals surface area contributed by atoms with E-state index >= 15 is 0 Å². The van der Waals surface area contributed by atoms with Gasteiger partial charge in [-0.05, 0) is 114 Å². The largest absolute Gasteiger partial charge is 0.0693 e. The summed E-state index contributed by atoms with van der Waals surface area (Å²) < 4.78 is 0. The molecule has 0 aliphatic heterocycles. The van der Waals surface area contributed by atoms with Gasteiger partial charge in [-0.2, -0.15) is 0 Å². The minimum atomic E-state index is 0.542. The van der Waals surface area contributed by atoms with Gasteiger partial charge < -0.3 is 0 Å². The van der Waals surface area contributed by atoms with Crippen molar-refractivity contribution < 1.29 is 0 Å². The fraction of sp³-hybridized carbons (Fsp3) is 0.515. The summed E-state index contributed by atoms with van der Waals surface area (Å²) in [4.78, 5) is 0. The Balaban J connectivity index is 1.64. The molecule has 4 atom stereocenters. The molecule has 0 aromatic carbocycles. The van der Waals surface area contributed by atoms with Crippen molar-refractivity contribution in [3.05, 3.63) is 75.9 Å². The van der Waals surface area contributed by atoms with E-state index in [0.29, 0.717) is 11.8 Å². The Labute approximate surface area is 203 Å². The highest BCUT2D eigenvalue weighted by Crippen LogP contribution is 2.49. The van der Waals surface area contributed by atoms with Crippen LogP contribution in [-0.2, 0) is 0 Å². The lowest BCUT2D eigenvalue weighted by Gasteiger charge is -2.27. The fourth-order valence-electron chi connectivity index (χ4n) is 6.54. The van der Waals surface area contributed by atoms with Crippen LogP contribution < -0.4 is 0 Å². The van der Waals surface area contributed by atoms with Crippen LogP contribution in [0.3, 0.4) is 0 Å². The molecule has 33 heavy (non-hydrogen) atoms. The van der Waals surface area contributed by atoms with E-state index in [4.69, 9.17) is 0 Å². The molecule has 176 valence electrons. The lowest BCUT2D eigenvalue weighted by molar-refractivity contribution is 0.299. The molecular formula is C33H44. The van der Waals surface area contributed by atoms with Crippen molar-refractivity contribution in [3.63, 3.8) is 0 Å². The number of hydrogen-bond acceptors (Lipinski definition) is 0. The number of fused-ring (bicyclic) bond motifs is 2. The first-order valence-electron chi connectivity index (χ1n) is 13.3. The Morgan fingerprint density at radius 3 is 2.39 bits per heavy atom. The van der Waals surface area contributed by atoms with E-state index in [2.05, 4.69) is 104 Å². The molecule has 4 aliphatic rings. The highest BCUT2D eigenvalue weighted by atomic mass is 14.4. The van der Waals surface area contributed by atoms with Gasteiger partial charge in [0, 0.05) is 0 Å². The third kappa shape index (κ3) is 4.77. The Kier molecular flexibility index (Phi) is 7.04. The second kappa shape index (κ2) is 9.65. The van der Waals surface area contributed by atoms with Crippen LogP contribution in [0.5, 0.6) is 0 Å². The average molecular weight is 441 g/mol. The molecule has 4 aliphatic carbocycles. The zero-order chi connectivity index (χ0) is 23.9. The first-order valence-corrected chi connectivity index (χ1v) is 13.3. The molecule has 4 rings (SSSR count). The van der Waals surface area contributed by atoms with Gasteiger partial charge in [0.05, 0.1) is 0 Å². The predicted octanol–water partition coefficient (Wildman–Crippen LogP) is 9.76. The molecule has 0 saturated heterocycles. The fourth-order valence-corrected chi connectivity index (χ4v) is 6.54. The van der Waals surface area contributed by atoms with Crippen LogP contribution in [0, 0.1) is 43.4 Å².